The molecule has 0 aliphatic rings. The molecule has 1 aromatic carbocycles. The summed E-state index contributed by atoms with van der Waals surface area (Å²) in [5, 5.41) is 8.90. The molecule has 0 bridgehead atoms. The van der Waals surface area contributed by atoms with Gasteiger partial charge in [-0.05, 0) is 44.5 Å². The van der Waals surface area contributed by atoms with Crippen LogP contribution in [0.4, 0.5) is 4.39 Å². The molecule has 1 N–H and O–H groups in total. The molecule has 92 valence electrons. The van der Waals surface area contributed by atoms with Crippen LogP contribution in [0.5, 0.6) is 0 Å². The van der Waals surface area contributed by atoms with Crippen LogP contribution in [0.1, 0.15) is 37.0 Å². The molecule has 0 saturated carbocycles. The SMILES string of the molecule is CC(C)(CCC(=O)c1ccc(F)cc1)C(=O)O. The molecule has 1 aromatic rings. The lowest BCUT2D eigenvalue weighted by molar-refractivity contribution is -0.147. The van der Waals surface area contributed by atoms with Gasteiger partial charge in [0.2, 0.25) is 0 Å². The molecule has 0 aliphatic heterocycles. The van der Waals surface area contributed by atoms with E-state index in [-0.39, 0.29) is 18.6 Å². The fourth-order valence-electron chi connectivity index (χ4n) is 1.31. The number of carboxylic acids is 1. The van der Waals surface area contributed by atoms with Gasteiger partial charge in [0.15, 0.2) is 5.78 Å². The first-order chi connectivity index (χ1) is 7.83. The molecule has 0 radical (unpaired) electrons. The highest BCUT2D eigenvalue weighted by Crippen LogP contribution is 2.23. The predicted molar refractivity (Wildman–Crippen MR) is 61.4 cm³/mol. The number of aliphatic carboxylic acids is 1. The second-order valence-electron chi connectivity index (χ2n) is 4.62. The van der Waals surface area contributed by atoms with Crippen molar-refractivity contribution in [1.82, 2.24) is 0 Å². The van der Waals surface area contributed by atoms with Gasteiger partial charge in [-0.15, -0.1) is 0 Å². The maximum Gasteiger partial charge on any atom is 0.309 e. The van der Waals surface area contributed by atoms with Gasteiger partial charge in [-0.3, -0.25) is 9.59 Å². The normalized spacial score (nSPS) is 11.2. The fraction of sp³-hybridized carbons (Fsp3) is 0.385. The van der Waals surface area contributed by atoms with Gasteiger partial charge < -0.3 is 5.11 Å². The van der Waals surface area contributed by atoms with Crippen molar-refractivity contribution in [1.29, 1.82) is 0 Å². The van der Waals surface area contributed by atoms with Crippen molar-refractivity contribution in [3.63, 3.8) is 0 Å². The largest absolute Gasteiger partial charge is 0.481 e. The first kappa shape index (κ1) is 13.4. The Morgan fingerprint density at radius 2 is 1.76 bits per heavy atom. The molecule has 0 aromatic heterocycles. The standard InChI is InChI=1S/C13H15FO3/c1-13(2,12(16)17)8-7-11(15)9-3-5-10(14)6-4-9/h3-6H,7-8H2,1-2H3,(H,16,17). The maximum absolute atomic E-state index is 12.6. The van der Waals surface area contributed by atoms with E-state index >= 15 is 0 Å². The van der Waals surface area contributed by atoms with Crippen molar-refractivity contribution in [2.24, 2.45) is 5.41 Å². The molecule has 17 heavy (non-hydrogen) atoms. The Labute approximate surface area is 99.3 Å². The Kier molecular flexibility index (Phi) is 3.99. The van der Waals surface area contributed by atoms with Crippen LogP contribution < -0.4 is 0 Å². The number of carbonyl (C=O) groups excluding carboxylic acids is 1. The molecule has 0 heterocycles. The van der Waals surface area contributed by atoms with Crippen molar-refractivity contribution in [3.8, 4) is 0 Å². The number of ketones is 1. The van der Waals surface area contributed by atoms with Crippen LogP contribution in [0.3, 0.4) is 0 Å². The van der Waals surface area contributed by atoms with Gasteiger partial charge in [0.1, 0.15) is 5.82 Å². The summed E-state index contributed by atoms with van der Waals surface area (Å²) >= 11 is 0. The Balaban J connectivity index is 2.62. The van der Waals surface area contributed by atoms with Crippen molar-refractivity contribution in [2.75, 3.05) is 0 Å². The fourth-order valence-corrected chi connectivity index (χ4v) is 1.31. The van der Waals surface area contributed by atoms with E-state index in [4.69, 9.17) is 5.11 Å². The molecule has 4 heteroatoms. The third-order valence-corrected chi connectivity index (χ3v) is 2.72. The zero-order valence-electron chi connectivity index (χ0n) is 9.87. The lowest BCUT2D eigenvalue weighted by Crippen LogP contribution is -2.24. The van der Waals surface area contributed by atoms with E-state index in [0.29, 0.717) is 5.56 Å². The summed E-state index contributed by atoms with van der Waals surface area (Å²) < 4.78 is 12.6. The van der Waals surface area contributed by atoms with Crippen molar-refractivity contribution in [2.45, 2.75) is 26.7 Å². The summed E-state index contributed by atoms with van der Waals surface area (Å²) in [6, 6.07) is 5.25. The molecular weight excluding hydrogens is 223 g/mol. The second-order valence-corrected chi connectivity index (χ2v) is 4.62. The van der Waals surface area contributed by atoms with Crippen LogP contribution in [0.2, 0.25) is 0 Å². The number of Topliss-reactive ketones (excluding diaryl/α,β-unsaturated/α-hetero) is 1. The third-order valence-electron chi connectivity index (χ3n) is 2.72. The number of rotatable bonds is 5. The van der Waals surface area contributed by atoms with Gasteiger partial charge in [-0.1, -0.05) is 0 Å². The van der Waals surface area contributed by atoms with E-state index in [0.717, 1.165) is 0 Å². The number of carboxylic acid groups (broad SMARTS) is 1. The summed E-state index contributed by atoms with van der Waals surface area (Å²) in [6.07, 6.45) is 0.406. The lowest BCUT2D eigenvalue weighted by Gasteiger charge is -2.17. The van der Waals surface area contributed by atoms with Crippen LogP contribution >= 0.6 is 0 Å². The van der Waals surface area contributed by atoms with Crippen molar-refractivity contribution < 1.29 is 19.1 Å². The van der Waals surface area contributed by atoms with Crippen LogP contribution in [0, 0.1) is 11.2 Å². The Morgan fingerprint density at radius 1 is 1.24 bits per heavy atom. The first-order valence-electron chi connectivity index (χ1n) is 5.35. The summed E-state index contributed by atoms with van der Waals surface area (Å²) in [5.41, 5.74) is -0.511. The first-order valence-corrected chi connectivity index (χ1v) is 5.35. The predicted octanol–water partition coefficient (Wildman–Crippen LogP) is 2.90. The molecule has 0 aliphatic carbocycles. The lowest BCUT2D eigenvalue weighted by atomic mass is 9.86. The van der Waals surface area contributed by atoms with Crippen LogP contribution in [-0.4, -0.2) is 16.9 Å². The zero-order valence-corrected chi connectivity index (χ0v) is 9.87. The third kappa shape index (κ3) is 3.66. The second kappa shape index (κ2) is 5.08. The zero-order chi connectivity index (χ0) is 13.1. The monoisotopic (exact) mass is 238 g/mol. The smallest absolute Gasteiger partial charge is 0.309 e. The molecule has 3 nitrogen and oxygen atoms in total. The molecule has 0 atom stereocenters. The average molecular weight is 238 g/mol. The van der Waals surface area contributed by atoms with E-state index in [1.807, 2.05) is 0 Å². The molecule has 0 fully saturated rings. The van der Waals surface area contributed by atoms with Gasteiger partial charge in [0, 0.05) is 12.0 Å². The summed E-state index contributed by atoms with van der Waals surface area (Å²) in [7, 11) is 0. The molecule has 1 rings (SSSR count). The summed E-state index contributed by atoms with van der Waals surface area (Å²) in [6.45, 7) is 3.15. The van der Waals surface area contributed by atoms with Crippen molar-refractivity contribution in [3.05, 3.63) is 35.6 Å². The average Bonchev–Trinajstić information content (AvgIpc) is 2.27. The van der Waals surface area contributed by atoms with Gasteiger partial charge in [0.05, 0.1) is 5.41 Å². The Morgan fingerprint density at radius 3 is 2.24 bits per heavy atom. The van der Waals surface area contributed by atoms with Gasteiger partial charge in [-0.25, -0.2) is 4.39 Å². The summed E-state index contributed by atoms with van der Waals surface area (Å²) in [4.78, 5) is 22.6. The number of hydrogen-bond acceptors (Lipinski definition) is 2. The highest BCUT2D eigenvalue weighted by molar-refractivity contribution is 5.96. The van der Waals surface area contributed by atoms with Crippen molar-refractivity contribution >= 4 is 11.8 Å². The molecule has 0 spiro atoms. The minimum absolute atomic E-state index is 0.144. The number of benzene rings is 1. The summed E-state index contributed by atoms with van der Waals surface area (Å²) in [5.74, 6) is -1.49. The van der Waals surface area contributed by atoms with Crippen LogP contribution in [0.15, 0.2) is 24.3 Å². The quantitative estimate of drug-likeness (QED) is 0.802. The van der Waals surface area contributed by atoms with Crippen LogP contribution in [0.25, 0.3) is 0 Å². The van der Waals surface area contributed by atoms with E-state index in [2.05, 4.69) is 0 Å². The molecule has 0 unspecified atom stereocenters. The van der Waals surface area contributed by atoms with Crippen LogP contribution in [-0.2, 0) is 4.79 Å². The maximum atomic E-state index is 12.6. The number of carbonyl (C=O) groups is 2. The van der Waals surface area contributed by atoms with Gasteiger partial charge in [0.25, 0.3) is 0 Å². The Hall–Kier alpha value is -1.71. The van der Waals surface area contributed by atoms with Gasteiger partial charge in [-0.2, -0.15) is 0 Å². The minimum atomic E-state index is -0.926. The number of halogens is 1. The van der Waals surface area contributed by atoms with E-state index in [9.17, 15) is 14.0 Å². The molecule has 0 saturated heterocycles. The minimum Gasteiger partial charge on any atom is -0.481 e. The molecular formula is C13H15FO3. The molecule has 0 amide bonds. The van der Waals surface area contributed by atoms with E-state index in [1.165, 1.54) is 24.3 Å². The van der Waals surface area contributed by atoms with E-state index in [1.54, 1.807) is 13.8 Å². The van der Waals surface area contributed by atoms with Gasteiger partial charge >= 0.3 is 5.97 Å². The highest BCUT2D eigenvalue weighted by atomic mass is 19.1. The highest BCUT2D eigenvalue weighted by Gasteiger charge is 2.27. The van der Waals surface area contributed by atoms with E-state index < -0.39 is 17.2 Å². The topological polar surface area (TPSA) is 54.4 Å². The number of hydrogen-bond donors (Lipinski definition) is 1. The Bertz CT molecular complexity index is 421.